The molecule has 5 nitrogen and oxygen atoms in total. The molecule has 2 heterocycles. The van der Waals surface area contributed by atoms with Crippen molar-refractivity contribution in [3.8, 4) is 5.69 Å². The molecule has 0 radical (unpaired) electrons. The molecule has 7 heteroatoms. The second kappa shape index (κ2) is 6.16. The highest BCUT2D eigenvalue weighted by molar-refractivity contribution is 6.43. The number of benzene rings is 1. The molecule has 1 saturated heterocycles. The van der Waals surface area contributed by atoms with Crippen molar-refractivity contribution in [2.24, 2.45) is 11.1 Å². The summed E-state index contributed by atoms with van der Waals surface area (Å²) in [6.45, 7) is 5.75. The second-order valence-corrected chi connectivity index (χ2v) is 6.99. The molecule has 1 aromatic carbocycles. The number of hydrogen-bond donors (Lipinski definition) is 1. The summed E-state index contributed by atoms with van der Waals surface area (Å²) in [5, 5.41) is 9.39. The van der Waals surface area contributed by atoms with Crippen LogP contribution >= 0.6 is 23.2 Å². The first-order valence-electron chi connectivity index (χ1n) is 7.29. The van der Waals surface area contributed by atoms with Gasteiger partial charge in [0.15, 0.2) is 0 Å². The van der Waals surface area contributed by atoms with E-state index in [0.29, 0.717) is 16.6 Å². The van der Waals surface area contributed by atoms with Crippen LogP contribution in [0.5, 0.6) is 0 Å². The van der Waals surface area contributed by atoms with Crippen LogP contribution in [0.4, 0.5) is 0 Å². The highest BCUT2D eigenvalue weighted by Crippen LogP contribution is 2.30. The van der Waals surface area contributed by atoms with Crippen LogP contribution < -0.4 is 5.73 Å². The van der Waals surface area contributed by atoms with E-state index in [2.05, 4.69) is 22.1 Å². The lowest BCUT2D eigenvalue weighted by molar-refractivity contribution is 0.272. The van der Waals surface area contributed by atoms with Gasteiger partial charge in [0.1, 0.15) is 0 Å². The molecule has 1 unspecified atom stereocenters. The molecule has 0 saturated carbocycles. The van der Waals surface area contributed by atoms with Crippen molar-refractivity contribution in [1.82, 2.24) is 19.9 Å². The Morgan fingerprint density at radius 3 is 2.91 bits per heavy atom. The smallest absolute Gasteiger partial charge is 0.0971 e. The number of aromatic nitrogens is 3. The number of nitrogens with two attached hydrogens (primary N) is 1. The third-order valence-corrected chi connectivity index (χ3v) is 5.04. The summed E-state index contributed by atoms with van der Waals surface area (Å²) >= 11 is 12.3. The Bertz CT molecular complexity index is 672. The van der Waals surface area contributed by atoms with E-state index < -0.39 is 0 Å². The predicted octanol–water partition coefficient (Wildman–Crippen LogP) is 2.74. The van der Waals surface area contributed by atoms with E-state index in [4.69, 9.17) is 28.9 Å². The molecule has 0 aliphatic carbocycles. The molecule has 1 aliphatic rings. The largest absolute Gasteiger partial charge is 0.330 e. The summed E-state index contributed by atoms with van der Waals surface area (Å²) in [5.41, 5.74) is 7.71. The molecule has 1 atom stereocenters. The summed E-state index contributed by atoms with van der Waals surface area (Å²) in [6.07, 6.45) is 3.02. The van der Waals surface area contributed by atoms with Crippen LogP contribution in [0.25, 0.3) is 5.69 Å². The second-order valence-electron chi connectivity index (χ2n) is 6.20. The maximum absolute atomic E-state index is 6.22. The van der Waals surface area contributed by atoms with Gasteiger partial charge in [-0.25, -0.2) is 4.68 Å². The van der Waals surface area contributed by atoms with Gasteiger partial charge in [-0.05, 0) is 37.1 Å². The zero-order valence-corrected chi connectivity index (χ0v) is 14.0. The fourth-order valence-electron chi connectivity index (χ4n) is 2.81. The van der Waals surface area contributed by atoms with Crippen molar-refractivity contribution >= 4 is 23.2 Å². The first kappa shape index (κ1) is 15.7. The van der Waals surface area contributed by atoms with E-state index in [-0.39, 0.29) is 5.41 Å². The lowest BCUT2D eigenvalue weighted by atomic mass is 9.90. The SMILES string of the molecule is CC1(CN)CCN(Cc2cn(-c3cccc(Cl)c3Cl)nn2)C1. The first-order chi connectivity index (χ1) is 10.5. The number of hydrogen-bond acceptors (Lipinski definition) is 4. The minimum Gasteiger partial charge on any atom is -0.330 e. The van der Waals surface area contributed by atoms with E-state index >= 15 is 0 Å². The minimum atomic E-state index is 0.215. The summed E-state index contributed by atoms with van der Waals surface area (Å²) in [5.74, 6) is 0. The van der Waals surface area contributed by atoms with Gasteiger partial charge in [0.25, 0.3) is 0 Å². The van der Waals surface area contributed by atoms with Crippen LogP contribution in [0.1, 0.15) is 19.0 Å². The van der Waals surface area contributed by atoms with Gasteiger partial charge < -0.3 is 5.73 Å². The molecule has 0 spiro atoms. The van der Waals surface area contributed by atoms with Crippen LogP contribution in [0.15, 0.2) is 24.4 Å². The fourth-order valence-corrected chi connectivity index (χ4v) is 3.20. The van der Waals surface area contributed by atoms with Crippen molar-refractivity contribution in [3.63, 3.8) is 0 Å². The molecule has 2 N–H and O–H groups in total. The van der Waals surface area contributed by atoms with Gasteiger partial charge in [-0.2, -0.15) is 0 Å². The number of halogens is 2. The van der Waals surface area contributed by atoms with Gasteiger partial charge in [0.2, 0.25) is 0 Å². The Kier molecular flexibility index (Phi) is 4.41. The molecule has 22 heavy (non-hydrogen) atoms. The average Bonchev–Trinajstić information content (AvgIpc) is 3.10. The molecule has 0 bridgehead atoms. The minimum absolute atomic E-state index is 0.215. The zero-order valence-electron chi connectivity index (χ0n) is 12.5. The molecular formula is C15H19Cl2N5. The third kappa shape index (κ3) is 3.13. The zero-order chi connectivity index (χ0) is 15.7. The lowest BCUT2D eigenvalue weighted by Gasteiger charge is -2.21. The van der Waals surface area contributed by atoms with E-state index in [9.17, 15) is 0 Å². The molecule has 0 amide bonds. The Morgan fingerprint density at radius 2 is 2.18 bits per heavy atom. The number of likely N-dealkylation sites (tertiary alicyclic amines) is 1. The Labute approximate surface area is 140 Å². The summed E-state index contributed by atoms with van der Waals surface area (Å²) in [4.78, 5) is 2.36. The van der Waals surface area contributed by atoms with Crippen LogP contribution in [-0.4, -0.2) is 39.5 Å². The normalized spacial score (nSPS) is 22.4. The van der Waals surface area contributed by atoms with E-state index in [0.717, 1.165) is 37.4 Å². The molecule has 1 aromatic heterocycles. The van der Waals surface area contributed by atoms with Crippen molar-refractivity contribution in [2.45, 2.75) is 19.9 Å². The topological polar surface area (TPSA) is 60.0 Å². The Balaban J connectivity index is 1.74. The average molecular weight is 340 g/mol. The molecular weight excluding hydrogens is 321 g/mol. The van der Waals surface area contributed by atoms with Gasteiger partial charge >= 0.3 is 0 Å². The maximum atomic E-state index is 6.22. The molecule has 118 valence electrons. The van der Waals surface area contributed by atoms with Crippen molar-refractivity contribution in [1.29, 1.82) is 0 Å². The molecule has 2 aromatic rings. The lowest BCUT2D eigenvalue weighted by Crippen LogP contribution is -2.31. The summed E-state index contributed by atoms with van der Waals surface area (Å²) in [7, 11) is 0. The van der Waals surface area contributed by atoms with Gasteiger partial charge in [-0.15, -0.1) is 5.10 Å². The number of rotatable bonds is 4. The van der Waals surface area contributed by atoms with Crippen LogP contribution in [-0.2, 0) is 6.54 Å². The third-order valence-electron chi connectivity index (χ3n) is 4.23. The molecule has 1 fully saturated rings. The maximum Gasteiger partial charge on any atom is 0.0971 e. The quantitative estimate of drug-likeness (QED) is 0.930. The van der Waals surface area contributed by atoms with E-state index in [1.165, 1.54) is 0 Å². The molecule has 1 aliphatic heterocycles. The van der Waals surface area contributed by atoms with Crippen molar-refractivity contribution in [2.75, 3.05) is 19.6 Å². The number of nitrogens with zero attached hydrogens (tertiary/aromatic N) is 4. The van der Waals surface area contributed by atoms with E-state index in [1.807, 2.05) is 18.3 Å². The summed E-state index contributed by atoms with van der Waals surface area (Å²) in [6, 6.07) is 5.47. The highest BCUT2D eigenvalue weighted by Gasteiger charge is 2.32. The monoisotopic (exact) mass is 339 g/mol. The van der Waals surface area contributed by atoms with Gasteiger partial charge in [-0.1, -0.05) is 41.4 Å². The van der Waals surface area contributed by atoms with E-state index in [1.54, 1.807) is 10.7 Å². The van der Waals surface area contributed by atoms with Crippen molar-refractivity contribution in [3.05, 3.63) is 40.1 Å². The first-order valence-corrected chi connectivity index (χ1v) is 8.04. The van der Waals surface area contributed by atoms with Gasteiger partial charge in [0.05, 0.1) is 27.6 Å². The van der Waals surface area contributed by atoms with Gasteiger partial charge in [0, 0.05) is 13.1 Å². The van der Waals surface area contributed by atoms with Gasteiger partial charge in [-0.3, -0.25) is 4.90 Å². The summed E-state index contributed by atoms with van der Waals surface area (Å²) < 4.78 is 1.67. The fraction of sp³-hybridized carbons (Fsp3) is 0.467. The standard InChI is InChI=1S/C15H19Cl2N5/c1-15(9-18)5-6-21(10-15)7-11-8-22(20-19-11)13-4-2-3-12(16)14(13)17/h2-4,8H,5-7,9-10,18H2,1H3. The Morgan fingerprint density at radius 1 is 1.36 bits per heavy atom. The predicted molar refractivity (Wildman–Crippen MR) is 88.4 cm³/mol. The Hall–Kier alpha value is -1.14. The van der Waals surface area contributed by atoms with Crippen LogP contribution in [0, 0.1) is 5.41 Å². The molecule has 3 rings (SSSR count). The van der Waals surface area contributed by atoms with Crippen LogP contribution in [0.2, 0.25) is 10.0 Å². The van der Waals surface area contributed by atoms with Crippen molar-refractivity contribution < 1.29 is 0 Å². The highest BCUT2D eigenvalue weighted by atomic mass is 35.5. The van der Waals surface area contributed by atoms with Crippen LogP contribution in [0.3, 0.4) is 0 Å².